The summed E-state index contributed by atoms with van der Waals surface area (Å²) in [5, 5.41) is 0.940. The lowest BCUT2D eigenvalue weighted by molar-refractivity contribution is 0.0492. The van der Waals surface area contributed by atoms with Crippen LogP contribution in [0.15, 0.2) is 75.9 Å². The zero-order valence-corrected chi connectivity index (χ0v) is 18.8. The van der Waals surface area contributed by atoms with Crippen molar-refractivity contribution >= 4 is 28.5 Å². The molecule has 3 aromatic carbocycles. The number of carbonyl (C=O) groups is 1. The summed E-state index contributed by atoms with van der Waals surface area (Å²) in [5.74, 6) is 0.236. The molecule has 1 heterocycles. The van der Waals surface area contributed by atoms with Crippen molar-refractivity contribution in [3.63, 3.8) is 0 Å². The summed E-state index contributed by atoms with van der Waals surface area (Å²) in [6.45, 7) is 2.11. The molecule has 0 aliphatic heterocycles. The third-order valence-electron chi connectivity index (χ3n) is 5.00. The average Bonchev–Trinajstić information content (AvgIpc) is 2.83. The Kier molecular flexibility index (Phi) is 6.66. The molecule has 1 aromatic heterocycles. The highest BCUT2D eigenvalue weighted by Crippen LogP contribution is 2.29. The third-order valence-corrected chi connectivity index (χ3v) is 5.23. The van der Waals surface area contributed by atoms with Gasteiger partial charge in [0.05, 0.1) is 24.7 Å². The monoisotopic (exact) mass is 464 g/mol. The van der Waals surface area contributed by atoms with E-state index in [1.54, 1.807) is 62.6 Å². The number of carbonyl (C=O) groups excluding carboxylic acids is 1. The van der Waals surface area contributed by atoms with Gasteiger partial charge in [-0.25, -0.2) is 4.79 Å². The Bertz CT molecular complexity index is 1360. The van der Waals surface area contributed by atoms with E-state index in [4.69, 9.17) is 30.2 Å². The fourth-order valence-corrected chi connectivity index (χ4v) is 3.63. The molecule has 0 saturated carbocycles. The lowest BCUT2D eigenvalue weighted by Crippen LogP contribution is -2.15. The SMILES string of the molecule is CCOC(=O)c1oc2cc(OCc3cccc(Cl)c3)ccc2c(=O)c1-c1ccc(OC)cc1. The second-order valence-corrected chi connectivity index (χ2v) is 7.60. The van der Waals surface area contributed by atoms with Gasteiger partial charge >= 0.3 is 5.97 Å². The van der Waals surface area contributed by atoms with Gasteiger partial charge in [-0.1, -0.05) is 35.9 Å². The molecular formula is C26H21ClO6. The second-order valence-electron chi connectivity index (χ2n) is 7.16. The highest BCUT2D eigenvalue weighted by Gasteiger charge is 2.23. The summed E-state index contributed by atoms with van der Waals surface area (Å²) in [7, 11) is 1.55. The predicted molar refractivity (Wildman–Crippen MR) is 126 cm³/mol. The maximum absolute atomic E-state index is 13.4. The molecule has 0 unspecified atom stereocenters. The van der Waals surface area contributed by atoms with E-state index in [1.165, 1.54) is 0 Å². The summed E-state index contributed by atoms with van der Waals surface area (Å²) < 4.78 is 22.1. The van der Waals surface area contributed by atoms with E-state index in [9.17, 15) is 9.59 Å². The van der Waals surface area contributed by atoms with E-state index < -0.39 is 5.97 Å². The van der Waals surface area contributed by atoms with Crippen LogP contribution in [0.5, 0.6) is 11.5 Å². The van der Waals surface area contributed by atoms with Crippen molar-refractivity contribution in [1.29, 1.82) is 0 Å². The van der Waals surface area contributed by atoms with Crippen molar-refractivity contribution in [2.75, 3.05) is 13.7 Å². The molecule has 0 saturated heterocycles. The van der Waals surface area contributed by atoms with Crippen molar-refractivity contribution < 1.29 is 23.4 Å². The molecule has 0 N–H and O–H groups in total. The fraction of sp³-hybridized carbons (Fsp3) is 0.154. The molecule has 0 amide bonds. The molecule has 4 rings (SSSR count). The first-order valence-electron chi connectivity index (χ1n) is 10.3. The smallest absolute Gasteiger partial charge is 0.375 e. The maximum atomic E-state index is 13.4. The first-order valence-corrected chi connectivity index (χ1v) is 10.7. The van der Waals surface area contributed by atoms with Gasteiger partial charge < -0.3 is 18.6 Å². The molecule has 33 heavy (non-hydrogen) atoms. The zero-order chi connectivity index (χ0) is 23.4. The average molecular weight is 465 g/mol. The van der Waals surface area contributed by atoms with Crippen LogP contribution < -0.4 is 14.9 Å². The first kappa shape index (κ1) is 22.4. The van der Waals surface area contributed by atoms with Gasteiger partial charge in [-0.2, -0.15) is 0 Å². The summed E-state index contributed by atoms with van der Waals surface area (Å²) in [6.07, 6.45) is 0. The molecule has 7 heteroatoms. The standard InChI is InChI=1S/C26H21ClO6/c1-3-31-26(29)25-23(17-7-9-19(30-2)10-8-17)24(28)21-12-11-20(14-22(21)33-25)32-15-16-5-4-6-18(27)13-16/h4-14H,3,15H2,1-2H3. The van der Waals surface area contributed by atoms with Gasteiger partial charge in [-0.05, 0) is 54.4 Å². The van der Waals surface area contributed by atoms with Crippen LogP contribution in [-0.4, -0.2) is 19.7 Å². The largest absolute Gasteiger partial charge is 0.497 e. The topological polar surface area (TPSA) is 75.0 Å². The van der Waals surface area contributed by atoms with Crippen LogP contribution in [0.25, 0.3) is 22.1 Å². The van der Waals surface area contributed by atoms with E-state index in [-0.39, 0.29) is 35.5 Å². The van der Waals surface area contributed by atoms with Crippen LogP contribution in [0, 0.1) is 0 Å². The number of methoxy groups -OCH3 is 1. The van der Waals surface area contributed by atoms with Crippen LogP contribution in [-0.2, 0) is 11.3 Å². The Hall–Kier alpha value is -3.77. The Morgan fingerprint density at radius 3 is 2.45 bits per heavy atom. The molecule has 4 aromatic rings. The molecule has 0 atom stereocenters. The number of hydrogen-bond acceptors (Lipinski definition) is 6. The van der Waals surface area contributed by atoms with Gasteiger partial charge in [-0.15, -0.1) is 0 Å². The van der Waals surface area contributed by atoms with Crippen molar-refractivity contribution in [2.45, 2.75) is 13.5 Å². The number of hydrogen-bond donors (Lipinski definition) is 0. The minimum atomic E-state index is -0.715. The van der Waals surface area contributed by atoms with E-state index in [2.05, 4.69) is 0 Å². The summed E-state index contributed by atoms with van der Waals surface area (Å²) >= 11 is 6.02. The van der Waals surface area contributed by atoms with Crippen LogP contribution in [0.2, 0.25) is 5.02 Å². The Morgan fingerprint density at radius 1 is 1.00 bits per heavy atom. The molecular weight excluding hydrogens is 444 g/mol. The van der Waals surface area contributed by atoms with E-state index in [1.807, 2.05) is 18.2 Å². The minimum Gasteiger partial charge on any atom is -0.497 e. The lowest BCUT2D eigenvalue weighted by Gasteiger charge is -2.11. The van der Waals surface area contributed by atoms with Crippen LogP contribution in [0.1, 0.15) is 23.0 Å². The van der Waals surface area contributed by atoms with Gasteiger partial charge in [-0.3, -0.25) is 4.79 Å². The Morgan fingerprint density at radius 2 is 1.76 bits per heavy atom. The number of esters is 1. The highest BCUT2D eigenvalue weighted by atomic mass is 35.5. The maximum Gasteiger partial charge on any atom is 0.375 e. The van der Waals surface area contributed by atoms with Gasteiger partial charge in [0.15, 0.2) is 0 Å². The van der Waals surface area contributed by atoms with E-state index in [0.29, 0.717) is 27.5 Å². The molecule has 0 aliphatic rings. The van der Waals surface area contributed by atoms with Crippen molar-refractivity contribution in [3.05, 3.63) is 93.3 Å². The van der Waals surface area contributed by atoms with Gasteiger partial charge in [0.1, 0.15) is 23.7 Å². The quantitative estimate of drug-likeness (QED) is 0.318. The molecule has 0 aliphatic carbocycles. The molecule has 0 fully saturated rings. The van der Waals surface area contributed by atoms with Gasteiger partial charge in [0.2, 0.25) is 11.2 Å². The minimum absolute atomic E-state index is 0.135. The highest BCUT2D eigenvalue weighted by molar-refractivity contribution is 6.30. The number of benzene rings is 3. The second kappa shape index (κ2) is 9.79. The van der Waals surface area contributed by atoms with Crippen molar-refractivity contribution in [3.8, 4) is 22.6 Å². The molecule has 0 radical (unpaired) electrons. The number of rotatable bonds is 7. The normalized spacial score (nSPS) is 10.8. The van der Waals surface area contributed by atoms with Crippen LogP contribution >= 0.6 is 11.6 Å². The van der Waals surface area contributed by atoms with Crippen molar-refractivity contribution in [1.82, 2.24) is 0 Å². The molecule has 6 nitrogen and oxygen atoms in total. The lowest BCUT2D eigenvalue weighted by atomic mass is 10.0. The number of ether oxygens (including phenoxy) is 3. The number of fused-ring (bicyclic) bond motifs is 1. The molecule has 168 valence electrons. The Balaban J connectivity index is 1.77. The van der Waals surface area contributed by atoms with Crippen molar-refractivity contribution in [2.24, 2.45) is 0 Å². The number of halogens is 1. The Labute approximate surface area is 195 Å². The van der Waals surface area contributed by atoms with Gasteiger partial charge in [0, 0.05) is 11.1 Å². The van der Waals surface area contributed by atoms with Crippen LogP contribution in [0.3, 0.4) is 0 Å². The summed E-state index contributed by atoms with van der Waals surface area (Å²) in [4.78, 5) is 26.0. The zero-order valence-electron chi connectivity index (χ0n) is 18.1. The van der Waals surface area contributed by atoms with E-state index >= 15 is 0 Å². The fourth-order valence-electron chi connectivity index (χ4n) is 3.42. The first-order chi connectivity index (χ1) is 16.0. The van der Waals surface area contributed by atoms with Gasteiger partial charge in [0.25, 0.3) is 0 Å². The molecule has 0 bridgehead atoms. The van der Waals surface area contributed by atoms with Crippen LogP contribution in [0.4, 0.5) is 0 Å². The summed E-state index contributed by atoms with van der Waals surface area (Å²) in [6, 6.07) is 19.0. The van der Waals surface area contributed by atoms with E-state index in [0.717, 1.165) is 5.56 Å². The summed E-state index contributed by atoms with van der Waals surface area (Å²) in [5.41, 5.74) is 1.44. The predicted octanol–water partition coefficient (Wildman–Crippen LogP) is 5.88. The molecule has 0 spiro atoms. The third kappa shape index (κ3) is 4.86.